The van der Waals surface area contributed by atoms with Crippen LogP contribution in [0.3, 0.4) is 0 Å². The fraction of sp³-hybridized carbons (Fsp3) is 0.263. The summed E-state index contributed by atoms with van der Waals surface area (Å²) in [5, 5.41) is 25.5. The van der Waals surface area contributed by atoms with E-state index in [0.717, 1.165) is 12.1 Å². The largest absolute Gasteiger partial charge is 0.325 e. The molecular weight excluding hydrogens is 442 g/mol. The van der Waals surface area contributed by atoms with Crippen LogP contribution < -0.4 is 5.32 Å². The summed E-state index contributed by atoms with van der Waals surface area (Å²) in [7, 11) is 3.89. The molecule has 10 nitrogen and oxygen atoms in total. The van der Waals surface area contributed by atoms with E-state index in [-0.39, 0.29) is 22.3 Å². The van der Waals surface area contributed by atoms with E-state index in [1.165, 1.54) is 30.0 Å². The Morgan fingerprint density at radius 3 is 2.71 bits per heavy atom. The maximum atomic E-state index is 13.2. The molecule has 162 valence electrons. The lowest BCUT2D eigenvalue weighted by molar-refractivity contribution is -0.384. The van der Waals surface area contributed by atoms with Crippen molar-refractivity contribution >= 4 is 40.6 Å². The van der Waals surface area contributed by atoms with Gasteiger partial charge in [0.05, 0.1) is 11.5 Å². The summed E-state index contributed by atoms with van der Waals surface area (Å²) in [6.45, 7) is 1.30. The molecule has 31 heavy (non-hydrogen) atoms. The van der Waals surface area contributed by atoms with Gasteiger partial charge in [0, 0.05) is 18.3 Å². The van der Waals surface area contributed by atoms with E-state index in [9.17, 15) is 14.9 Å². The van der Waals surface area contributed by atoms with Gasteiger partial charge in [0.1, 0.15) is 10.3 Å². The van der Waals surface area contributed by atoms with E-state index in [2.05, 4.69) is 20.8 Å². The fourth-order valence-electron chi connectivity index (χ4n) is 2.66. The van der Waals surface area contributed by atoms with Crippen molar-refractivity contribution in [2.75, 3.05) is 26.0 Å². The molecule has 0 aliphatic rings. The molecule has 0 aliphatic heterocycles. The molecule has 12 heteroatoms. The van der Waals surface area contributed by atoms with E-state index < -0.39 is 10.2 Å². The van der Waals surface area contributed by atoms with Crippen LogP contribution in [0.15, 0.2) is 53.7 Å². The van der Waals surface area contributed by atoms with E-state index in [4.69, 9.17) is 11.6 Å². The Morgan fingerprint density at radius 1 is 1.29 bits per heavy atom. The van der Waals surface area contributed by atoms with Crippen LogP contribution in [-0.4, -0.2) is 56.6 Å². The minimum absolute atomic E-state index is 0.00273. The smallest absolute Gasteiger partial charge is 0.289 e. The number of halogens is 1. The van der Waals surface area contributed by atoms with Crippen LogP contribution in [0.4, 0.5) is 11.4 Å². The summed E-state index contributed by atoms with van der Waals surface area (Å²) in [5.41, 5.74) is 0.737. The van der Waals surface area contributed by atoms with Crippen LogP contribution >= 0.6 is 23.4 Å². The number of aromatic nitrogens is 4. The molecule has 1 atom stereocenters. The quantitative estimate of drug-likeness (QED) is 0.293. The lowest BCUT2D eigenvalue weighted by Gasteiger charge is -2.17. The number of benzene rings is 2. The summed E-state index contributed by atoms with van der Waals surface area (Å²) in [5.74, 6) is -0.366. The molecule has 2 aromatic carbocycles. The van der Waals surface area contributed by atoms with Gasteiger partial charge in [-0.1, -0.05) is 53.7 Å². The summed E-state index contributed by atoms with van der Waals surface area (Å²) in [6, 6.07) is 13.3. The number of rotatable bonds is 9. The molecule has 0 fully saturated rings. The third-order valence-corrected chi connectivity index (χ3v) is 5.78. The highest BCUT2D eigenvalue weighted by atomic mass is 35.5. The Bertz CT molecular complexity index is 1060. The Hall–Kier alpha value is -3.02. The average Bonchev–Trinajstić information content (AvgIpc) is 3.19. The lowest BCUT2D eigenvalue weighted by Crippen LogP contribution is -2.21. The zero-order valence-electron chi connectivity index (χ0n) is 16.8. The van der Waals surface area contributed by atoms with E-state index in [0.29, 0.717) is 11.7 Å². The van der Waals surface area contributed by atoms with Crippen molar-refractivity contribution in [1.82, 2.24) is 25.1 Å². The summed E-state index contributed by atoms with van der Waals surface area (Å²) in [6.07, 6.45) is 0. The van der Waals surface area contributed by atoms with Crippen LogP contribution in [0.5, 0.6) is 0 Å². The first kappa shape index (κ1) is 22.7. The fourth-order valence-corrected chi connectivity index (χ4v) is 3.85. The van der Waals surface area contributed by atoms with Crippen molar-refractivity contribution in [2.45, 2.75) is 17.0 Å². The molecule has 1 unspecified atom stereocenters. The topological polar surface area (TPSA) is 119 Å². The molecular formula is C19H20ClN7O3S. The minimum atomic E-state index is -0.681. The van der Waals surface area contributed by atoms with Crippen LogP contribution in [0.2, 0.25) is 5.02 Å². The number of nitro groups is 1. The minimum Gasteiger partial charge on any atom is -0.325 e. The van der Waals surface area contributed by atoms with Gasteiger partial charge in [0.25, 0.3) is 5.69 Å². The first-order chi connectivity index (χ1) is 14.8. The monoisotopic (exact) mass is 461 g/mol. The number of nitrogens with zero attached hydrogens (tertiary/aromatic N) is 6. The molecule has 0 saturated heterocycles. The third-order valence-electron chi connectivity index (χ3n) is 4.23. The van der Waals surface area contributed by atoms with Crippen LogP contribution in [0.25, 0.3) is 0 Å². The third kappa shape index (κ3) is 6.00. The van der Waals surface area contributed by atoms with Gasteiger partial charge in [0.15, 0.2) is 0 Å². The molecule has 1 N–H and O–H groups in total. The number of thioether (sulfide) groups is 1. The number of nitrogens with one attached hydrogen (secondary N) is 1. The molecule has 0 saturated carbocycles. The Morgan fingerprint density at radius 2 is 2.03 bits per heavy atom. The standard InChI is InChI=1S/C19H20ClN7O3S/c1-25(2)10-11-26-19(22-23-24-26)31-17(13-6-4-3-5-7-13)18(28)21-14-8-9-15(20)16(12-14)27(29)30/h3-9,12,17H,10-11H2,1-2H3,(H,21,28). The van der Waals surface area contributed by atoms with E-state index in [1.54, 1.807) is 4.68 Å². The van der Waals surface area contributed by atoms with Crippen molar-refractivity contribution in [3.63, 3.8) is 0 Å². The predicted octanol–water partition coefficient (Wildman–Crippen LogP) is 3.27. The molecule has 0 bridgehead atoms. The van der Waals surface area contributed by atoms with Gasteiger partial charge in [-0.15, -0.1) is 5.10 Å². The molecule has 1 heterocycles. The lowest BCUT2D eigenvalue weighted by atomic mass is 10.1. The van der Waals surface area contributed by atoms with Crippen molar-refractivity contribution in [3.05, 3.63) is 69.2 Å². The van der Waals surface area contributed by atoms with E-state index in [1.807, 2.05) is 49.3 Å². The Kier molecular flexibility index (Phi) is 7.55. The van der Waals surface area contributed by atoms with Crippen molar-refractivity contribution < 1.29 is 9.72 Å². The SMILES string of the molecule is CN(C)CCn1nnnc1SC(C(=O)Nc1ccc(Cl)c([N+](=O)[O-])c1)c1ccccc1. The number of amides is 1. The maximum Gasteiger partial charge on any atom is 0.289 e. The first-order valence-corrected chi connectivity index (χ1v) is 10.5. The number of carbonyl (C=O) groups excluding carboxylic acids is 1. The van der Waals surface area contributed by atoms with Crippen LogP contribution in [0.1, 0.15) is 10.8 Å². The van der Waals surface area contributed by atoms with Crippen molar-refractivity contribution in [1.29, 1.82) is 0 Å². The van der Waals surface area contributed by atoms with Gasteiger partial charge in [-0.25, -0.2) is 4.68 Å². The highest BCUT2D eigenvalue weighted by Gasteiger charge is 2.26. The molecule has 3 aromatic rings. The number of hydrogen-bond donors (Lipinski definition) is 1. The van der Waals surface area contributed by atoms with Gasteiger partial charge >= 0.3 is 0 Å². The van der Waals surface area contributed by atoms with Gasteiger partial charge in [-0.3, -0.25) is 14.9 Å². The summed E-state index contributed by atoms with van der Waals surface area (Å²) < 4.78 is 1.64. The van der Waals surface area contributed by atoms with Gasteiger partial charge in [-0.05, 0) is 42.2 Å². The second kappa shape index (κ2) is 10.3. The van der Waals surface area contributed by atoms with Gasteiger partial charge in [0.2, 0.25) is 11.1 Å². The highest BCUT2D eigenvalue weighted by molar-refractivity contribution is 8.00. The predicted molar refractivity (Wildman–Crippen MR) is 118 cm³/mol. The zero-order chi connectivity index (χ0) is 22.4. The summed E-state index contributed by atoms with van der Waals surface area (Å²) >= 11 is 7.07. The van der Waals surface area contributed by atoms with E-state index >= 15 is 0 Å². The first-order valence-electron chi connectivity index (χ1n) is 9.22. The van der Waals surface area contributed by atoms with Crippen LogP contribution in [-0.2, 0) is 11.3 Å². The molecule has 1 aromatic heterocycles. The highest BCUT2D eigenvalue weighted by Crippen LogP contribution is 2.35. The number of tetrazole rings is 1. The Balaban J connectivity index is 1.85. The molecule has 0 aliphatic carbocycles. The van der Waals surface area contributed by atoms with Crippen molar-refractivity contribution in [3.8, 4) is 0 Å². The average molecular weight is 462 g/mol. The summed E-state index contributed by atoms with van der Waals surface area (Å²) in [4.78, 5) is 25.7. The molecule has 0 spiro atoms. The number of hydrogen-bond acceptors (Lipinski definition) is 8. The zero-order valence-corrected chi connectivity index (χ0v) is 18.4. The number of likely N-dealkylation sites (N-methyl/N-ethyl adjacent to an activating group) is 1. The normalized spacial score (nSPS) is 12.0. The second-order valence-electron chi connectivity index (χ2n) is 6.81. The molecule has 0 radical (unpaired) electrons. The number of carbonyl (C=O) groups is 1. The Labute approximate surface area is 187 Å². The number of nitro benzene ring substituents is 1. The maximum absolute atomic E-state index is 13.2. The molecule has 1 amide bonds. The number of anilines is 1. The van der Waals surface area contributed by atoms with Gasteiger partial charge in [-0.2, -0.15) is 0 Å². The van der Waals surface area contributed by atoms with Crippen LogP contribution in [0, 0.1) is 10.1 Å². The van der Waals surface area contributed by atoms with Crippen molar-refractivity contribution in [2.24, 2.45) is 0 Å². The molecule has 3 rings (SSSR count). The van der Waals surface area contributed by atoms with Gasteiger partial charge < -0.3 is 10.2 Å². The second-order valence-corrected chi connectivity index (χ2v) is 8.29.